The van der Waals surface area contributed by atoms with E-state index >= 15 is 0 Å². The van der Waals surface area contributed by atoms with Crippen molar-refractivity contribution in [1.29, 1.82) is 0 Å². The minimum absolute atomic E-state index is 0.0420. The lowest BCUT2D eigenvalue weighted by atomic mass is 9.92. The summed E-state index contributed by atoms with van der Waals surface area (Å²) in [5.41, 5.74) is 1.26. The molecule has 0 N–H and O–H groups in total. The summed E-state index contributed by atoms with van der Waals surface area (Å²) in [4.78, 5) is 11.2. The Balaban J connectivity index is 2.13. The van der Waals surface area contributed by atoms with Gasteiger partial charge in [0, 0.05) is 5.92 Å². The van der Waals surface area contributed by atoms with E-state index in [1.807, 2.05) is 0 Å². The van der Waals surface area contributed by atoms with Gasteiger partial charge in [0.2, 0.25) is 0 Å². The van der Waals surface area contributed by atoms with Gasteiger partial charge in [0.25, 0.3) is 0 Å². The number of thiophene rings is 1. The van der Waals surface area contributed by atoms with E-state index < -0.39 is 0 Å². The van der Waals surface area contributed by atoms with Crippen molar-refractivity contribution in [3.05, 3.63) is 22.4 Å². The largest absolute Gasteiger partial charge is 0.462 e. The number of cyclic esters (lactones) is 1. The van der Waals surface area contributed by atoms with Crippen LogP contribution < -0.4 is 0 Å². The highest BCUT2D eigenvalue weighted by atomic mass is 32.1. The van der Waals surface area contributed by atoms with Gasteiger partial charge in [-0.25, -0.2) is 0 Å². The number of rotatable bonds is 3. The fourth-order valence-corrected chi connectivity index (χ4v) is 2.70. The van der Waals surface area contributed by atoms with Crippen LogP contribution >= 0.6 is 11.3 Å². The Morgan fingerprint density at radius 3 is 3.14 bits per heavy atom. The van der Waals surface area contributed by atoms with Crippen LogP contribution in [0.1, 0.15) is 37.7 Å². The number of hydrogen-bond donors (Lipinski definition) is 0. The van der Waals surface area contributed by atoms with Gasteiger partial charge in [-0.15, -0.1) is 0 Å². The maximum absolute atomic E-state index is 11.2. The van der Waals surface area contributed by atoms with Crippen molar-refractivity contribution in [1.82, 2.24) is 0 Å². The fourth-order valence-electron chi connectivity index (χ4n) is 1.97. The van der Waals surface area contributed by atoms with Crippen LogP contribution in [0.2, 0.25) is 0 Å². The number of esters is 1. The molecule has 0 radical (unpaired) electrons. The van der Waals surface area contributed by atoms with Crippen LogP contribution in [-0.2, 0) is 9.53 Å². The van der Waals surface area contributed by atoms with Crippen LogP contribution in [0, 0.1) is 0 Å². The van der Waals surface area contributed by atoms with Crippen LogP contribution in [0.3, 0.4) is 0 Å². The standard InChI is InChI=1S/C11H14O2S/c1-2-3-10-9(6-11(12)13-10)8-4-5-14-7-8/h4-5,7,9-10H,2-3,6H2,1H3. The molecule has 1 aromatic rings. The Kier molecular flexibility index (Phi) is 2.87. The zero-order chi connectivity index (χ0) is 9.97. The third kappa shape index (κ3) is 1.82. The van der Waals surface area contributed by atoms with Crippen LogP contribution in [0.15, 0.2) is 16.8 Å². The molecular formula is C11H14O2S. The number of hydrogen-bond acceptors (Lipinski definition) is 3. The van der Waals surface area contributed by atoms with Gasteiger partial charge >= 0.3 is 5.97 Å². The molecule has 0 bridgehead atoms. The quantitative estimate of drug-likeness (QED) is 0.717. The maximum Gasteiger partial charge on any atom is 0.306 e. The van der Waals surface area contributed by atoms with Gasteiger partial charge in [-0.05, 0) is 28.8 Å². The zero-order valence-corrected chi connectivity index (χ0v) is 9.05. The molecule has 76 valence electrons. The Bertz CT molecular complexity index is 305. The molecule has 14 heavy (non-hydrogen) atoms. The highest BCUT2D eigenvalue weighted by molar-refractivity contribution is 7.08. The van der Waals surface area contributed by atoms with Crippen LogP contribution in [0.25, 0.3) is 0 Å². The third-order valence-corrected chi connectivity index (χ3v) is 3.36. The van der Waals surface area contributed by atoms with Crippen molar-refractivity contribution in [3.8, 4) is 0 Å². The van der Waals surface area contributed by atoms with E-state index in [1.165, 1.54) is 5.56 Å². The lowest BCUT2D eigenvalue weighted by Crippen LogP contribution is -2.13. The van der Waals surface area contributed by atoms with E-state index in [2.05, 4.69) is 23.8 Å². The Morgan fingerprint density at radius 2 is 2.50 bits per heavy atom. The fraction of sp³-hybridized carbons (Fsp3) is 0.545. The van der Waals surface area contributed by atoms with Crippen molar-refractivity contribution in [2.24, 2.45) is 0 Å². The molecule has 2 atom stereocenters. The summed E-state index contributed by atoms with van der Waals surface area (Å²) < 4.78 is 5.30. The molecule has 0 amide bonds. The summed E-state index contributed by atoms with van der Waals surface area (Å²) >= 11 is 1.68. The summed E-state index contributed by atoms with van der Waals surface area (Å²) in [5, 5.41) is 4.18. The van der Waals surface area contributed by atoms with Gasteiger partial charge in [-0.3, -0.25) is 4.79 Å². The number of ether oxygens (including phenoxy) is 1. The van der Waals surface area contributed by atoms with E-state index in [-0.39, 0.29) is 12.1 Å². The first-order valence-electron chi connectivity index (χ1n) is 5.03. The second-order valence-corrected chi connectivity index (χ2v) is 4.46. The van der Waals surface area contributed by atoms with E-state index in [0.29, 0.717) is 12.3 Å². The molecule has 2 unspecified atom stereocenters. The van der Waals surface area contributed by atoms with Crippen LogP contribution in [-0.4, -0.2) is 12.1 Å². The average Bonchev–Trinajstić information content (AvgIpc) is 2.74. The molecule has 1 fully saturated rings. The summed E-state index contributed by atoms with van der Waals surface area (Å²) in [6.07, 6.45) is 2.72. The molecule has 3 heteroatoms. The summed E-state index contributed by atoms with van der Waals surface area (Å²) in [6, 6.07) is 2.10. The molecule has 1 aromatic heterocycles. The molecule has 2 nitrogen and oxygen atoms in total. The van der Waals surface area contributed by atoms with E-state index in [9.17, 15) is 4.79 Å². The lowest BCUT2D eigenvalue weighted by molar-refractivity contribution is -0.141. The molecular weight excluding hydrogens is 196 g/mol. The van der Waals surface area contributed by atoms with Gasteiger partial charge < -0.3 is 4.74 Å². The molecule has 2 rings (SSSR count). The molecule has 0 saturated carbocycles. The topological polar surface area (TPSA) is 26.3 Å². The lowest BCUT2D eigenvalue weighted by Gasteiger charge is -2.15. The van der Waals surface area contributed by atoms with Gasteiger partial charge in [0.1, 0.15) is 6.10 Å². The van der Waals surface area contributed by atoms with Crippen LogP contribution in [0.5, 0.6) is 0 Å². The highest BCUT2D eigenvalue weighted by Gasteiger charge is 2.35. The molecule has 1 saturated heterocycles. The highest BCUT2D eigenvalue weighted by Crippen LogP contribution is 2.35. The first-order chi connectivity index (χ1) is 6.81. The Morgan fingerprint density at radius 1 is 1.64 bits per heavy atom. The predicted octanol–water partition coefficient (Wildman–Crippen LogP) is 2.95. The van der Waals surface area contributed by atoms with Crippen molar-refractivity contribution >= 4 is 17.3 Å². The molecule has 1 aliphatic heterocycles. The van der Waals surface area contributed by atoms with Gasteiger partial charge in [-0.2, -0.15) is 11.3 Å². The number of carbonyl (C=O) groups excluding carboxylic acids is 1. The molecule has 0 aliphatic carbocycles. The zero-order valence-electron chi connectivity index (χ0n) is 8.23. The third-order valence-electron chi connectivity index (χ3n) is 2.66. The van der Waals surface area contributed by atoms with Crippen molar-refractivity contribution in [2.45, 2.75) is 38.2 Å². The van der Waals surface area contributed by atoms with E-state index in [1.54, 1.807) is 11.3 Å². The Labute approximate surface area is 87.9 Å². The summed E-state index contributed by atoms with van der Waals surface area (Å²) in [6.45, 7) is 2.12. The molecule has 1 aliphatic rings. The number of carbonyl (C=O) groups is 1. The smallest absolute Gasteiger partial charge is 0.306 e. The first kappa shape index (κ1) is 9.71. The van der Waals surface area contributed by atoms with E-state index in [0.717, 1.165) is 12.8 Å². The van der Waals surface area contributed by atoms with Crippen molar-refractivity contribution in [3.63, 3.8) is 0 Å². The van der Waals surface area contributed by atoms with Gasteiger partial charge in [0.15, 0.2) is 0 Å². The summed E-state index contributed by atoms with van der Waals surface area (Å²) in [7, 11) is 0. The SMILES string of the molecule is CCCC1OC(=O)CC1c1ccsc1. The second kappa shape index (κ2) is 4.13. The maximum atomic E-state index is 11.2. The van der Waals surface area contributed by atoms with Crippen molar-refractivity contribution < 1.29 is 9.53 Å². The minimum Gasteiger partial charge on any atom is -0.462 e. The Hall–Kier alpha value is -0.830. The monoisotopic (exact) mass is 210 g/mol. The second-order valence-electron chi connectivity index (χ2n) is 3.68. The minimum atomic E-state index is -0.0420. The predicted molar refractivity (Wildman–Crippen MR) is 56.5 cm³/mol. The van der Waals surface area contributed by atoms with Gasteiger partial charge in [0.05, 0.1) is 6.42 Å². The molecule has 0 aromatic carbocycles. The molecule has 2 heterocycles. The molecule has 0 spiro atoms. The summed E-state index contributed by atoms with van der Waals surface area (Å²) in [5.74, 6) is 0.258. The van der Waals surface area contributed by atoms with E-state index in [4.69, 9.17) is 4.74 Å². The van der Waals surface area contributed by atoms with Gasteiger partial charge in [-0.1, -0.05) is 13.3 Å². The normalized spacial score (nSPS) is 26.5. The van der Waals surface area contributed by atoms with Crippen LogP contribution in [0.4, 0.5) is 0 Å². The van der Waals surface area contributed by atoms with Crippen molar-refractivity contribution in [2.75, 3.05) is 0 Å². The first-order valence-corrected chi connectivity index (χ1v) is 5.97. The average molecular weight is 210 g/mol.